The van der Waals surface area contributed by atoms with E-state index in [1.807, 2.05) is 0 Å². The molecule has 0 atom stereocenters. The van der Waals surface area contributed by atoms with Crippen LogP contribution < -0.4 is 10.5 Å². The Hall–Kier alpha value is -2.15. The van der Waals surface area contributed by atoms with Crippen molar-refractivity contribution in [1.82, 2.24) is 9.97 Å². The van der Waals surface area contributed by atoms with Crippen molar-refractivity contribution in [2.24, 2.45) is 5.73 Å². The van der Waals surface area contributed by atoms with E-state index in [4.69, 9.17) is 22.7 Å². The number of rotatable bonds is 3. The van der Waals surface area contributed by atoms with Crippen molar-refractivity contribution in [3.8, 4) is 11.8 Å². The van der Waals surface area contributed by atoms with E-state index in [-0.39, 0.29) is 16.7 Å². The van der Waals surface area contributed by atoms with Crippen LogP contribution in [0.3, 0.4) is 0 Å². The number of thiocarbonyl (C=S) groups is 1. The molecule has 0 radical (unpaired) electrons. The Labute approximate surface area is 106 Å². The van der Waals surface area contributed by atoms with Crippen LogP contribution in [0.5, 0.6) is 11.8 Å². The highest BCUT2D eigenvalue weighted by Gasteiger charge is 2.07. The lowest BCUT2D eigenvalue weighted by molar-refractivity contribution is 0.430. The second-order valence-electron chi connectivity index (χ2n) is 3.27. The van der Waals surface area contributed by atoms with Gasteiger partial charge in [0.05, 0.1) is 0 Å². The van der Waals surface area contributed by atoms with E-state index in [9.17, 15) is 8.78 Å². The number of hydrogen-bond acceptors (Lipinski definition) is 4. The minimum absolute atomic E-state index is 0.0497. The van der Waals surface area contributed by atoms with Gasteiger partial charge in [0.15, 0.2) is 11.6 Å². The van der Waals surface area contributed by atoms with Crippen LogP contribution in [-0.2, 0) is 0 Å². The monoisotopic (exact) mass is 267 g/mol. The van der Waals surface area contributed by atoms with Crippen LogP contribution in [-0.4, -0.2) is 15.0 Å². The summed E-state index contributed by atoms with van der Waals surface area (Å²) in [6.07, 6.45) is 1.40. The Bertz CT molecular complexity index is 607. The molecule has 0 amide bonds. The summed E-state index contributed by atoms with van der Waals surface area (Å²) >= 11 is 4.75. The van der Waals surface area contributed by atoms with Gasteiger partial charge < -0.3 is 10.5 Å². The first-order chi connectivity index (χ1) is 8.56. The summed E-state index contributed by atoms with van der Waals surface area (Å²) in [5.74, 6) is -1.90. The maximum atomic E-state index is 13.0. The molecule has 1 heterocycles. The summed E-state index contributed by atoms with van der Waals surface area (Å²) in [5, 5.41) is 0. The van der Waals surface area contributed by atoms with Crippen molar-refractivity contribution < 1.29 is 13.5 Å². The van der Waals surface area contributed by atoms with Crippen LogP contribution >= 0.6 is 12.2 Å². The number of ether oxygens (including phenoxy) is 1. The zero-order valence-corrected chi connectivity index (χ0v) is 9.75. The van der Waals surface area contributed by atoms with Crippen LogP contribution in [0.2, 0.25) is 0 Å². The fourth-order valence-corrected chi connectivity index (χ4v) is 1.29. The first-order valence-electron chi connectivity index (χ1n) is 4.82. The van der Waals surface area contributed by atoms with E-state index in [2.05, 4.69) is 9.97 Å². The van der Waals surface area contributed by atoms with Crippen molar-refractivity contribution in [3.63, 3.8) is 0 Å². The minimum Gasteiger partial charge on any atom is -0.424 e. The fraction of sp³-hybridized carbons (Fsp3) is 0. The minimum atomic E-state index is -1.02. The van der Waals surface area contributed by atoms with Gasteiger partial charge in [0, 0.05) is 12.3 Å². The molecule has 18 heavy (non-hydrogen) atoms. The Balaban J connectivity index is 2.25. The van der Waals surface area contributed by atoms with Gasteiger partial charge in [-0.25, -0.2) is 13.8 Å². The highest BCUT2D eigenvalue weighted by molar-refractivity contribution is 7.80. The van der Waals surface area contributed by atoms with Gasteiger partial charge in [-0.05, 0) is 18.2 Å². The van der Waals surface area contributed by atoms with Crippen molar-refractivity contribution in [1.29, 1.82) is 0 Å². The molecule has 0 bridgehead atoms. The summed E-state index contributed by atoms with van der Waals surface area (Å²) in [5.41, 5.74) is 5.73. The molecule has 4 nitrogen and oxygen atoms in total. The molecule has 2 N–H and O–H groups in total. The zero-order chi connectivity index (χ0) is 13.1. The van der Waals surface area contributed by atoms with E-state index in [1.165, 1.54) is 18.3 Å². The first kappa shape index (κ1) is 12.3. The van der Waals surface area contributed by atoms with Crippen molar-refractivity contribution in [2.45, 2.75) is 0 Å². The molecular formula is C11H7F2N3OS. The quantitative estimate of drug-likeness (QED) is 0.864. The standard InChI is InChI=1S/C11H7F2N3OS/c12-7-2-1-6(5-8(7)13)17-11-15-4-3-9(16-11)10(14)18/h1-5H,(H2,14,18). The number of nitrogens with zero attached hydrogens (tertiary/aromatic N) is 2. The Kier molecular flexibility index (Phi) is 3.42. The van der Waals surface area contributed by atoms with Gasteiger partial charge in [0.1, 0.15) is 16.4 Å². The third-order valence-electron chi connectivity index (χ3n) is 1.99. The number of nitrogens with two attached hydrogens (primary N) is 1. The van der Waals surface area contributed by atoms with E-state index < -0.39 is 11.6 Å². The molecule has 0 aliphatic heterocycles. The lowest BCUT2D eigenvalue weighted by Crippen LogP contribution is -2.12. The Morgan fingerprint density at radius 1 is 1.22 bits per heavy atom. The molecule has 2 rings (SSSR count). The van der Waals surface area contributed by atoms with Gasteiger partial charge in [-0.2, -0.15) is 4.98 Å². The predicted octanol–water partition coefficient (Wildman–Crippen LogP) is 2.18. The largest absolute Gasteiger partial charge is 0.424 e. The summed E-state index contributed by atoms with van der Waals surface area (Å²) in [6.45, 7) is 0. The topological polar surface area (TPSA) is 61.0 Å². The SMILES string of the molecule is NC(=S)c1ccnc(Oc2ccc(F)c(F)c2)n1. The van der Waals surface area contributed by atoms with E-state index in [0.717, 1.165) is 12.1 Å². The molecule has 0 unspecified atom stereocenters. The summed E-state index contributed by atoms with van der Waals surface area (Å²) in [6, 6.07) is 4.57. The lowest BCUT2D eigenvalue weighted by Gasteiger charge is -2.05. The Morgan fingerprint density at radius 3 is 2.67 bits per heavy atom. The molecule has 2 aromatic rings. The molecule has 92 valence electrons. The van der Waals surface area contributed by atoms with Gasteiger partial charge >= 0.3 is 6.01 Å². The second kappa shape index (κ2) is 5.01. The van der Waals surface area contributed by atoms with Gasteiger partial charge in [-0.3, -0.25) is 0 Å². The average molecular weight is 267 g/mol. The smallest absolute Gasteiger partial charge is 0.322 e. The van der Waals surface area contributed by atoms with Gasteiger partial charge in [-0.1, -0.05) is 12.2 Å². The normalized spacial score (nSPS) is 10.1. The van der Waals surface area contributed by atoms with Crippen molar-refractivity contribution in [2.75, 3.05) is 0 Å². The summed E-state index contributed by atoms with van der Waals surface area (Å²) < 4.78 is 30.8. The molecule has 0 saturated heterocycles. The number of hydrogen-bond donors (Lipinski definition) is 1. The molecule has 0 spiro atoms. The van der Waals surface area contributed by atoms with E-state index >= 15 is 0 Å². The van der Waals surface area contributed by atoms with Crippen LogP contribution in [0, 0.1) is 11.6 Å². The molecule has 0 fully saturated rings. The third-order valence-corrected chi connectivity index (χ3v) is 2.20. The maximum Gasteiger partial charge on any atom is 0.322 e. The van der Waals surface area contributed by atoms with Crippen molar-refractivity contribution in [3.05, 3.63) is 47.8 Å². The van der Waals surface area contributed by atoms with E-state index in [0.29, 0.717) is 5.69 Å². The molecule has 7 heteroatoms. The summed E-state index contributed by atoms with van der Waals surface area (Å²) in [7, 11) is 0. The molecular weight excluding hydrogens is 260 g/mol. The highest BCUT2D eigenvalue weighted by Crippen LogP contribution is 2.20. The van der Waals surface area contributed by atoms with Crippen LogP contribution in [0.4, 0.5) is 8.78 Å². The third kappa shape index (κ3) is 2.75. The number of aromatic nitrogens is 2. The molecule has 0 aliphatic rings. The van der Waals surface area contributed by atoms with Crippen molar-refractivity contribution >= 4 is 17.2 Å². The number of halogens is 2. The van der Waals surface area contributed by atoms with Crippen LogP contribution in [0.25, 0.3) is 0 Å². The fourth-order valence-electron chi connectivity index (χ4n) is 1.17. The van der Waals surface area contributed by atoms with E-state index in [1.54, 1.807) is 0 Å². The average Bonchev–Trinajstić information content (AvgIpc) is 2.34. The second-order valence-corrected chi connectivity index (χ2v) is 3.71. The predicted molar refractivity (Wildman–Crippen MR) is 64.4 cm³/mol. The molecule has 0 saturated carbocycles. The summed E-state index contributed by atoms with van der Waals surface area (Å²) in [4.78, 5) is 7.80. The maximum absolute atomic E-state index is 13.0. The van der Waals surface area contributed by atoms with Gasteiger partial charge in [0.25, 0.3) is 0 Å². The van der Waals surface area contributed by atoms with Gasteiger partial charge in [-0.15, -0.1) is 0 Å². The zero-order valence-electron chi connectivity index (χ0n) is 8.93. The van der Waals surface area contributed by atoms with Crippen LogP contribution in [0.1, 0.15) is 5.69 Å². The van der Waals surface area contributed by atoms with Gasteiger partial charge in [0.2, 0.25) is 0 Å². The highest BCUT2D eigenvalue weighted by atomic mass is 32.1. The van der Waals surface area contributed by atoms with Crippen LogP contribution in [0.15, 0.2) is 30.5 Å². The Morgan fingerprint density at radius 2 is 2.00 bits per heavy atom. The molecule has 1 aromatic heterocycles. The number of benzene rings is 1. The molecule has 1 aromatic carbocycles. The first-order valence-corrected chi connectivity index (χ1v) is 5.23. The lowest BCUT2D eigenvalue weighted by atomic mass is 10.3. The molecule has 0 aliphatic carbocycles.